The average Bonchev–Trinajstić information content (AvgIpc) is 2.98. The van der Waals surface area contributed by atoms with Crippen molar-refractivity contribution >= 4 is 29.9 Å². The van der Waals surface area contributed by atoms with E-state index in [2.05, 4.69) is 74.2 Å². The second-order valence-corrected chi connectivity index (χ2v) is 8.03. The summed E-state index contributed by atoms with van der Waals surface area (Å²) in [6.07, 6.45) is 1.08. The maximum absolute atomic E-state index is 4.72. The molecular formula is C23H39IN6. The van der Waals surface area contributed by atoms with Gasteiger partial charge in [-0.05, 0) is 60.1 Å². The van der Waals surface area contributed by atoms with E-state index in [9.17, 15) is 0 Å². The fourth-order valence-electron chi connectivity index (χ4n) is 3.73. The van der Waals surface area contributed by atoms with Crippen molar-refractivity contribution in [2.24, 2.45) is 4.99 Å². The first-order valence-electron chi connectivity index (χ1n) is 10.7. The van der Waals surface area contributed by atoms with E-state index in [1.165, 1.54) is 5.56 Å². The first-order chi connectivity index (χ1) is 13.8. The molecule has 0 aliphatic carbocycles. The zero-order valence-electron chi connectivity index (χ0n) is 19.6. The number of halogens is 1. The summed E-state index contributed by atoms with van der Waals surface area (Å²) >= 11 is 0. The molecule has 0 bridgehead atoms. The van der Waals surface area contributed by atoms with E-state index in [1.807, 2.05) is 29.9 Å². The highest BCUT2D eigenvalue weighted by molar-refractivity contribution is 14.0. The van der Waals surface area contributed by atoms with Crippen LogP contribution in [-0.2, 0) is 6.54 Å². The van der Waals surface area contributed by atoms with Crippen LogP contribution in [0.25, 0.3) is 5.69 Å². The van der Waals surface area contributed by atoms with E-state index in [0.29, 0.717) is 18.6 Å². The predicted molar refractivity (Wildman–Crippen MR) is 138 cm³/mol. The van der Waals surface area contributed by atoms with Crippen molar-refractivity contribution in [1.29, 1.82) is 0 Å². The number of para-hydroxylation sites is 1. The number of hydrogen-bond donors (Lipinski definition) is 2. The van der Waals surface area contributed by atoms with Gasteiger partial charge in [0, 0.05) is 50.0 Å². The van der Waals surface area contributed by atoms with E-state index in [1.54, 1.807) is 0 Å². The van der Waals surface area contributed by atoms with Crippen molar-refractivity contribution in [3.05, 3.63) is 47.3 Å². The molecule has 0 aliphatic heterocycles. The Balaban J connectivity index is 0.00000450. The third-order valence-corrected chi connectivity index (χ3v) is 5.31. The van der Waals surface area contributed by atoms with Gasteiger partial charge in [-0.2, -0.15) is 5.10 Å². The summed E-state index contributed by atoms with van der Waals surface area (Å²) in [6.45, 7) is 15.9. The molecule has 2 N–H and O–H groups in total. The smallest absolute Gasteiger partial charge is 0.191 e. The van der Waals surface area contributed by atoms with Crippen LogP contribution in [0.2, 0.25) is 0 Å². The lowest BCUT2D eigenvalue weighted by atomic mass is 10.2. The maximum Gasteiger partial charge on any atom is 0.191 e. The molecule has 1 heterocycles. The Bertz CT molecular complexity index is 774. The Morgan fingerprint density at radius 1 is 1.07 bits per heavy atom. The minimum absolute atomic E-state index is 0. The van der Waals surface area contributed by atoms with Crippen LogP contribution in [0, 0.1) is 13.8 Å². The number of hydrogen-bond acceptors (Lipinski definition) is 3. The predicted octanol–water partition coefficient (Wildman–Crippen LogP) is 4.28. The van der Waals surface area contributed by atoms with Gasteiger partial charge in [-0.25, -0.2) is 4.68 Å². The molecule has 6 nitrogen and oxygen atoms in total. The van der Waals surface area contributed by atoms with Crippen LogP contribution in [0.15, 0.2) is 35.3 Å². The number of aliphatic imine (C=N–C) groups is 1. The third-order valence-electron chi connectivity index (χ3n) is 5.31. The monoisotopic (exact) mass is 526 g/mol. The van der Waals surface area contributed by atoms with Gasteiger partial charge in [0.15, 0.2) is 5.96 Å². The minimum atomic E-state index is 0. The molecular weight excluding hydrogens is 487 g/mol. The largest absolute Gasteiger partial charge is 0.356 e. The molecule has 0 unspecified atom stereocenters. The van der Waals surface area contributed by atoms with E-state index in [0.717, 1.165) is 42.5 Å². The van der Waals surface area contributed by atoms with E-state index < -0.39 is 0 Å². The second kappa shape index (κ2) is 12.9. The van der Waals surface area contributed by atoms with Crippen LogP contribution < -0.4 is 10.6 Å². The SMILES string of the molecule is CN=C(NCCCN(C(C)C)C(C)C)NCc1c(C)nn(-c2ccccc2)c1C.I. The molecule has 2 rings (SSSR count). The zero-order chi connectivity index (χ0) is 21.4. The minimum Gasteiger partial charge on any atom is -0.356 e. The van der Waals surface area contributed by atoms with Gasteiger partial charge in [-0.3, -0.25) is 9.89 Å². The number of aryl methyl sites for hydroxylation is 1. The van der Waals surface area contributed by atoms with Gasteiger partial charge in [0.1, 0.15) is 0 Å². The second-order valence-electron chi connectivity index (χ2n) is 8.03. The Morgan fingerprint density at radius 2 is 1.70 bits per heavy atom. The summed E-state index contributed by atoms with van der Waals surface area (Å²) < 4.78 is 2.01. The van der Waals surface area contributed by atoms with Gasteiger partial charge in [0.25, 0.3) is 0 Å². The number of guanidine groups is 1. The standard InChI is InChI=1S/C23H38N6.HI/c1-17(2)28(18(3)4)15-11-14-25-23(24-7)26-16-22-19(5)27-29(20(22)6)21-12-9-8-10-13-21;/h8-10,12-13,17-18H,11,14-16H2,1-7H3,(H2,24,25,26);1H. The lowest BCUT2D eigenvalue weighted by molar-refractivity contribution is 0.173. The van der Waals surface area contributed by atoms with Gasteiger partial charge >= 0.3 is 0 Å². The highest BCUT2D eigenvalue weighted by Gasteiger charge is 2.14. The molecule has 168 valence electrons. The highest BCUT2D eigenvalue weighted by Crippen LogP contribution is 2.17. The molecule has 0 saturated carbocycles. The van der Waals surface area contributed by atoms with Crippen LogP contribution in [-0.4, -0.2) is 52.9 Å². The molecule has 0 atom stereocenters. The van der Waals surface area contributed by atoms with E-state index in [-0.39, 0.29) is 24.0 Å². The number of nitrogens with zero attached hydrogens (tertiary/aromatic N) is 4. The van der Waals surface area contributed by atoms with Crippen molar-refractivity contribution in [2.75, 3.05) is 20.1 Å². The number of rotatable bonds is 9. The lowest BCUT2D eigenvalue weighted by Gasteiger charge is -2.30. The summed E-state index contributed by atoms with van der Waals surface area (Å²) in [5.41, 5.74) is 4.49. The van der Waals surface area contributed by atoms with Crippen molar-refractivity contribution in [2.45, 2.75) is 66.6 Å². The fourth-order valence-corrected chi connectivity index (χ4v) is 3.73. The average molecular weight is 527 g/mol. The molecule has 7 heteroatoms. The van der Waals surface area contributed by atoms with Crippen molar-refractivity contribution in [3.8, 4) is 5.69 Å². The van der Waals surface area contributed by atoms with Crippen LogP contribution in [0.4, 0.5) is 0 Å². The number of benzene rings is 1. The van der Waals surface area contributed by atoms with Crippen LogP contribution >= 0.6 is 24.0 Å². The molecule has 0 amide bonds. The van der Waals surface area contributed by atoms with Crippen LogP contribution in [0.1, 0.15) is 51.1 Å². The van der Waals surface area contributed by atoms with Gasteiger partial charge in [-0.15, -0.1) is 24.0 Å². The van der Waals surface area contributed by atoms with Crippen LogP contribution in [0.3, 0.4) is 0 Å². The molecule has 0 saturated heterocycles. The molecule has 0 radical (unpaired) electrons. The Hall–Kier alpha value is -1.61. The normalized spacial score (nSPS) is 11.9. The van der Waals surface area contributed by atoms with Crippen molar-refractivity contribution < 1.29 is 0 Å². The molecule has 1 aromatic carbocycles. The summed E-state index contributed by atoms with van der Waals surface area (Å²) in [5, 5.41) is 11.6. The van der Waals surface area contributed by atoms with E-state index in [4.69, 9.17) is 5.10 Å². The highest BCUT2D eigenvalue weighted by atomic mass is 127. The number of aromatic nitrogens is 2. The summed E-state index contributed by atoms with van der Waals surface area (Å²) in [6, 6.07) is 11.4. The topological polar surface area (TPSA) is 57.5 Å². The Labute approximate surface area is 199 Å². The molecule has 30 heavy (non-hydrogen) atoms. The lowest BCUT2D eigenvalue weighted by Crippen LogP contribution is -2.41. The quantitative estimate of drug-likeness (QED) is 0.222. The zero-order valence-corrected chi connectivity index (χ0v) is 21.9. The first kappa shape index (κ1) is 26.4. The summed E-state index contributed by atoms with van der Waals surface area (Å²) in [5.74, 6) is 0.830. The van der Waals surface area contributed by atoms with E-state index >= 15 is 0 Å². The summed E-state index contributed by atoms with van der Waals surface area (Å²) in [4.78, 5) is 6.88. The van der Waals surface area contributed by atoms with Crippen molar-refractivity contribution in [1.82, 2.24) is 25.3 Å². The fraction of sp³-hybridized carbons (Fsp3) is 0.565. The number of nitrogens with one attached hydrogen (secondary N) is 2. The maximum atomic E-state index is 4.72. The summed E-state index contributed by atoms with van der Waals surface area (Å²) in [7, 11) is 1.82. The first-order valence-corrected chi connectivity index (χ1v) is 10.7. The molecule has 2 aromatic rings. The molecule has 0 aliphatic rings. The van der Waals surface area contributed by atoms with Gasteiger partial charge in [0.2, 0.25) is 0 Å². The molecule has 1 aromatic heterocycles. The van der Waals surface area contributed by atoms with Gasteiger partial charge in [0.05, 0.1) is 11.4 Å². The van der Waals surface area contributed by atoms with Crippen LogP contribution in [0.5, 0.6) is 0 Å². The van der Waals surface area contributed by atoms with Gasteiger partial charge in [-0.1, -0.05) is 18.2 Å². The Morgan fingerprint density at radius 3 is 2.27 bits per heavy atom. The molecule has 0 fully saturated rings. The van der Waals surface area contributed by atoms with Gasteiger partial charge < -0.3 is 10.6 Å². The third kappa shape index (κ3) is 7.27. The Kier molecular flexibility index (Phi) is 11.4. The molecule has 0 spiro atoms. The van der Waals surface area contributed by atoms with Crippen molar-refractivity contribution in [3.63, 3.8) is 0 Å².